The van der Waals surface area contributed by atoms with Gasteiger partial charge in [0, 0.05) is 0 Å². The van der Waals surface area contributed by atoms with Crippen LogP contribution < -0.4 is 4.65 Å². The summed E-state index contributed by atoms with van der Waals surface area (Å²) < 4.78 is 5.05. The SMILES string of the molecule is OB(O)Oc1cc(-c2ccccc2)cc(-c2ccccc2)c1. The zero-order valence-corrected chi connectivity index (χ0v) is 11.9. The summed E-state index contributed by atoms with van der Waals surface area (Å²) in [5, 5.41) is 18.1. The van der Waals surface area contributed by atoms with Crippen LogP contribution in [0.3, 0.4) is 0 Å². The van der Waals surface area contributed by atoms with Gasteiger partial charge in [-0.3, -0.25) is 0 Å². The van der Waals surface area contributed by atoms with Gasteiger partial charge in [0.2, 0.25) is 0 Å². The molecule has 0 aromatic heterocycles. The van der Waals surface area contributed by atoms with Crippen molar-refractivity contribution in [2.75, 3.05) is 0 Å². The van der Waals surface area contributed by atoms with Crippen LogP contribution in [0, 0.1) is 0 Å². The van der Waals surface area contributed by atoms with Crippen molar-refractivity contribution < 1.29 is 14.7 Å². The molecular weight excluding hydrogens is 275 g/mol. The molecule has 0 saturated heterocycles. The van der Waals surface area contributed by atoms with E-state index >= 15 is 0 Å². The maximum Gasteiger partial charge on any atom is 0.707 e. The molecule has 0 aliphatic heterocycles. The van der Waals surface area contributed by atoms with Crippen molar-refractivity contribution in [1.29, 1.82) is 0 Å². The van der Waals surface area contributed by atoms with Gasteiger partial charge in [0.25, 0.3) is 0 Å². The van der Waals surface area contributed by atoms with E-state index < -0.39 is 7.32 Å². The molecule has 3 aromatic carbocycles. The van der Waals surface area contributed by atoms with E-state index in [4.69, 9.17) is 14.7 Å². The van der Waals surface area contributed by atoms with E-state index in [2.05, 4.69) is 6.07 Å². The molecule has 108 valence electrons. The molecule has 0 fully saturated rings. The Morgan fingerprint density at radius 3 is 1.45 bits per heavy atom. The van der Waals surface area contributed by atoms with E-state index in [1.54, 1.807) is 12.1 Å². The third-order valence-electron chi connectivity index (χ3n) is 3.36. The molecule has 3 aromatic rings. The summed E-state index contributed by atoms with van der Waals surface area (Å²) in [4.78, 5) is 0. The first-order valence-corrected chi connectivity index (χ1v) is 7.01. The van der Waals surface area contributed by atoms with Gasteiger partial charge in [-0.2, -0.15) is 0 Å². The van der Waals surface area contributed by atoms with E-state index in [0.29, 0.717) is 5.75 Å². The summed E-state index contributed by atoms with van der Waals surface area (Å²) in [6.07, 6.45) is 0. The molecule has 0 spiro atoms. The fraction of sp³-hybridized carbons (Fsp3) is 0. The molecule has 0 amide bonds. The van der Waals surface area contributed by atoms with Gasteiger partial charge in [-0.25, -0.2) is 0 Å². The lowest BCUT2D eigenvalue weighted by Crippen LogP contribution is -2.20. The van der Waals surface area contributed by atoms with E-state index in [1.807, 2.05) is 60.7 Å². The third-order valence-corrected chi connectivity index (χ3v) is 3.36. The predicted molar refractivity (Wildman–Crippen MR) is 88.1 cm³/mol. The number of rotatable bonds is 4. The lowest BCUT2D eigenvalue weighted by atomic mass is 9.98. The van der Waals surface area contributed by atoms with Crippen molar-refractivity contribution in [3.63, 3.8) is 0 Å². The quantitative estimate of drug-likeness (QED) is 0.724. The Kier molecular flexibility index (Phi) is 4.23. The predicted octanol–water partition coefficient (Wildman–Crippen LogP) is 3.37. The molecule has 3 rings (SSSR count). The van der Waals surface area contributed by atoms with Crippen LogP contribution in [-0.2, 0) is 0 Å². The fourth-order valence-corrected chi connectivity index (χ4v) is 2.38. The van der Waals surface area contributed by atoms with E-state index in [-0.39, 0.29) is 0 Å². The van der Waals surface area contributed by atoms with E-state index in [9.17, 15) is 0 Å². The second-order valence-corrected chi connectivity index (χ2v) is 4.92. The first-order valence-electron chi connectivity index (χ1n) is 7.01. The Morgan fingerprint density at radius 1 is 0.591 bits per heavy atom. The lowest BCUT2D eigenvalue weighted by molar-refractivity contribution is 0.288. The van der Waals surface area contributed by atoms with Crippen LogP contribution >= 0.6 is 0 Å². The maximum atomic E-state index is 9.06. The Bertz CT molecular complexity index is 685. The molecule has 0 unspecified atom stereocenters. The van der Waals surface area contributed by atoms with Crippen LogP contribution in [0.4, 0.5) is 0 Å². The summed E-state index contributed by atoms with van der Waals surface area (Å²) in [6.45, 7) is 0. The monoisotopic (exact) mass is 290 g/mol. The summed E-state index contributed by atoms with van der Waals surface area (Å²) in [7, 11) is -1.84. The summed E-state index contributed by atoms with van der Waals surface area (Å²) in [6, 6.07) is 25.4. The highest BCUT2D eigenvalue weighted by Crippen LogP contribution is 2.31. The van der Waals surface area contributed by atoms with Gasteiger partial charge in [0.1, 0.15) is 5.75 Å². The first kappa shape index (κ1) is 14.4. The Labute approximate surface area is 129 Å². The van der Waals surface area contributed by atoms with Gasteiger partial charge in [-0.1, -0.05) is 60.7 Å². The standard InChI is InChI=1S/C18H15BO3/c20-19(21)22-18-12-16(14-7-3-1-4-8-14)11-17(13-18)15-9-5-2-6-10-15/h1-13,20-21H. The molecule has 0 heterocycles. The Hall–Kier alpha value is -2.56. The largest absolute Gasteiger partial charge is 0.707 e. The molecule has 0 bridgehead atoms. The van der Waals surface area contributed by atoms with Gasteiger partial charge >= 0.3 is 7.32 Å². The Balaban J connectivity index is 2.10. The van der Waals surface area contributed by atoms with Gasteiger partial charge in [0.15, 0.2) is 0 Å². The van der Waals surface area contributed by atoms with Crippen LogP contribution in [0.2, 0.25) is 0 Å². The minimum atomic E-state index is -1.84. The smallest absolute Gasteiger partial charge is 0.512 e. The minimum absolute atomic E-state index is 0.412. The van der Waals surface area contributed by atoms with Crippen LogP contribution in [0.25, 0.3) is 22.3 Å². The van der Waals surface area contributed by atoms with E-state index in [1.165, 1.54) is 0 Å². The molecule has 22 heavy (non-hydrogen) atoms. The highest BCUT2D eigenvalue weighted by molar-refractivity contribution is 6.33. The Morgan fingerprint density at radius 2 is 1.05 bits per heavy atom. The van der Waals surface area contributed by atoms with Crippen molar-refractivity contribution in [3.05, 3.63) is 78.9 Å². The van der Waals surface area contributed by atoms with Crippen LogP contribution in [0.1, 0.15) is 0 Å². The third kappa shape index (κ3) is 3.36. The first-order chi connectivity index (χ1) is 10.7. The average molecular weight is 290 g/mol. The molecule has 2 N–H and O–H groups in total. The molecule has 0 aliphatic carbocycles. The number of hydrogen-bond acceptors (Lipinski definition) is 3. The second-order valence-electron chi connectivity index (χ2n) is 4.92. The van der Waals surface area contributed by atoms with Crippen molar-refractivity contribution in [2.45, 2.75) is 0 Å². The van der Waals surface area contributed by atoms with Gasteiger partial charge in [0.05, 0.1) is 0 Å². The normalized spacial score (nSPS) is 10.3. The number of hydrogen-bond donors (Lipinski definition) is 2. The summed E-state index contributed by atoms with van der Waals surface area (Å²) in [5.41, 5.74) is 3.99. The molecule has 0 saturated carbocycles. The van der Waals surface area contributed by atoms with Crippen molar-refractivity contribution in [2.24, 2.45) is 0 Å². The topological polar surface area (TPSA) is 49.7 Å². The molecule has 3 nitrogen and oxygen atoms in total. The average Bonchev–Trinajstić information content (AvgIpc) is 2.55. The summed E-state index contributed by atoms with van der Waals surface area (Å²) in [5.74, 6) is 0.412. The van der Waals surface area contributed by atoms with Crippen LogP contribution in [0.15, 0.2) is 78.9 Å². The molecule has 0 radical (unpaired) electrons. The van der Waals surface area contributed by atoms with Crippen LogP contribution in [-0.4, -0.2) is 17.4 Å². The molecule has 0 aliphatic rings. The van der Waals surface area contributed by atoms with Gasteiger partial charge < -0.3 is 14.7 Å². The maximum absolute atomic E-state index is 9.06. The minimum Gasteiger partial charge on any atom is -0.512 e. The van der Waals surface area contributed by atoms with Gasteiger partial charge in [-0.15, -0.1) is 0 Å². The van der Waals surface area contributed by atoms with E-state index in [0.717, 1.165) is 22.3 Å². The molecule has 0 atom stereocenters. The fourth-order valence-electron chi connectivity index (χ4n) is 2.38. The van der Waals surface area contributed by atoms with Crippen LogP contribution in [0.5, 0.6) is 5.75 Å². The highest BCUT2D eigenvalue weighted by atomic mass is 16.6. The van der Waals surface area contributed by atoms with Crippen molar-refractivity contribution in [3.8, 4) is 28.0 Å². The van der Waals surface area contributed by atoms with Gasteiger partial charge in [-0.05, 0) is 40.5 Å². The van der Waals surface area contributed by atoms with Crippen molar-refractivity contribution >= 4 is 7.32 Å². The summed E-state index contributed by atoms with van der Waals surface area (Å²) >= 11 is 0. The number of benzene rings is 3. The highest BCUT2D eigenvalue weighted by Gasteiger charge is 2.13. The zero-order valence-electron chi connectivity index (χ0n) is 11.9. The molecule has 4 heteroatoms. The lowest BCUT2D eigenvalue weighted by Gasteiger charge is -2.11. The second kappa shape index (κ2) is 6.47. The molecular formula is C18H15BO3. The zero-order chi connectivity index (χ0) is 15.4. The van der Waals surface area contributed by atoms with Crippen molar-refractivity contribution in [1.82, 2.24) is 0 Å².